The van der Waals surface area contributed by atoms with Crippen LogP contribution >= 0.6 is 0 Å². The van der Waals surface area contributed by atoms with E-state index >= 15 is 0 Å². The predicted molar refractivity (Wildman–Crippen MR) is 92.6 cm³/mol. The van der Waals surface area contributed by atoms with E-state index in [4.69, 9.17) is 5.26 Å². The number of carbonyl (C=O) groups is 1. The summed E-state index contributed by atoms with van der Waals surface area (Å²) in [4.78, 5) is 14.1. The lowest BCUT2D eigenvalue weighted by Gasteiger charge is -2.29. The Morgan fingerprint density at radius 3 is 2.54 bits per heavy atom. The maximum absolute atomic E-state index is 12.6. The summed E-state index contributed by atoms with van der Waals surface area (Å²) in [5.41, 5.74) is 3.01. The van der Waals surface area contributed by atoms with Gasteiger partial charge in [-0.3, -0.25) is 9.69 Å². The third-order valence-electron chi connectivity index (χ3n) is 3.76. The second kappa shape index (κ2) is 6.64. The number of hydrogen-bond acceptors (Lipinski definition) is 3. The zero-order chi connectivity index (χ0) is 16.9. The van der Waals surface area contributed by atoms with Crippen molar-refractivity contribution in [3.8, 4) is 12.1 Å². The monoisotopic (exact) mass is 311 g/mol. The maximum atomic E-state index is 12.6. The van der Waals surface area contributed by atoms with Crippen LogP contribution in [0.25, 0.3) is 12.2 Å². The quantitative estimate of drug-likeness (QED) is 0.797. The van der Waals surface area contributed by atoms with Crippen molar-refractivity contribution in [2.24, 2.45) is 0 Å². The predicted octanol–water partition coefficient (Wildman–Crippen LogP) is 3.52. The molecule has 0 aromatic heterocycles. The van der Waals surface area contributed by atoms with Gasteiger partial charge < -0.3 is 0 Å². The number of rotatable bonds is 2. The van der Waals surface area contributed by atoms with Crippen LogP contribution < -0.4 is 4.90 Å². The van der Waals surface area contributed by atoms with Gasteiger partial charge in [0.1, 0.15) is 6.04 Å². The minimum atomic E-state index is -0.627. The average Bonchev–Trinajstić information content (AvgIpc) is 2.65. The molecule has 1 aliphatic heterocycles. The van der Waals surface area contributed by atoms with E-state index in [9.17, 15) is 10.1 Å². The lowest BCUT2D eigenvalue weighted by Crippen LogP contribution is -2.39. The molecule has 2 aromatic rings. The van der Waals surface area contributed by atoms with Crippen molar-refractivity contribution in [3.63, 3.8) is 0 Å². The molecule has 114 valence electrons. The van der Waals surface area contributed by atoms with Gasteiger partial charge in [-0.1, -0.05) is 36.4 Å². The van der Waals surface area contributed by atoms with E-state index in [1.807, 2.05) is 30.3 Å². The van der Waals surface area contributed by atoms with Gasteiger partial charge in [0.15, 0.2) is 0 Å². The van der Waals surface area contributed by atoms with E-state index in [-0.39, 0.29) is 5.91 Å². The molecule has 2 aromatic carbocycles. The van der Waals surface area contributed by atoms with Crippen LogP contribution in [0.3, 0.4) is 0 Å². The van der Waals surface area contributed by atoms with Crippen LogP contribution in [0.15, 0.2) is 60.7 Å². The third kappa shape index (κ3) is 2.95. The number of hydrogen-bond donors (Lipinski definition) is 0. The normalized spacial score (nSPS) is 15.6. The Balaban J connectivity index is 1.87. The first kappa shape index (κ1) is 15.3. The number of anilines is 1. The maximum Gasteiger partial charge on any atom is 0.252 e. The first-order chi connectivity index (χ1) is 11.7. The first-order valence-corrected chi connectivity index (χ1v) is 7.41. The lowest BCUT2D eigenvalue weighted by molar-refractivity contribution is -0.114. The molecule has 24 heavy (non-hydrogen) atoms. The molecule has 0 fully saturated rings. The zero-order valence-electron chi connectivity index (χ0n) is 12.8. The van der Waals surface area contributed by atoms with Gasteiger partial charge in [-0.25, -0.2) is 0 Å². The number of carbonyl (C=O) groups excluding carboxylic acids is 1. The number of benzene rings is 2. The summed E-state index contributed by atoms with van der Waals surface area (Å²) in [5.74, 6) is -0.261. The largest absolute Gasteiger partial charge is 0.288 e. The van der Waals surface area contributed by atoms with Gasteiger partial charge >= 0.3 is 0 Å². The number of nitriles is 2. The summed E-state index contributed by atoms with van der Waals surface area (Å²) in [6.07, 6.45) is 6.70. The average molecular weight is 311 g/mol. The summed E-state index contributed by atoms with van der Waals surface area (Å²) >= 11 is 0. The van der Waals surface area contributed by atoms with Crippen LogP contribution in [-0.2, 0) is 4.79 Å². The smallest absolute Gasteiger partial charge is 0.252 e. The SMILES string of the molecule is N#Cc1ccc(C=CC(=O)N2c3ccccc3C=CC2C#N)cc1. The Labute approximate surface area is 140 Å². The highest BCUT2D eigenvalue weighted by atomic mass is 16.2. The Morgan fingerprint density at radius 1 is 1.08 bits per heavy atom. The fourth-order valence-electron chi connectivity index (χ4n) is 2.55. The summed E-state index contributed by atoms with van der Waals surface area (Å²) in [6, 6.07) is 18.0. The Hall–Kier alpha value is -3.63. The molecule has 4 nitrogen and oxygen atoms in total. The zero-order valence-corrected chi connectivity index (χ0v) is 12.8. The lowest BCUT2D eigenvalue weighted by atomic mass is 10.0. The Morgan fingerprint density at radius 2 is 1.83 bits per heavy atom. The summed E-state index contributed by atoms with van der Waals surface area (Å²) in [6.45, 7) is 0. The van der Waals surface area contributed by atoms with Gasteiger partial charge in [-0.15, -0.1) is 0 Å². The number of para-hydroxylation sites is 1. The summed E-state index contributed by atoms with van der Waals surface area (Å²) in [5, 5.41) is 18.1. The number of fused-ring (bicyclic) bond motifs is 1. The van der Waals surface area contributed by atoms with E-state index in [1.165, 1.54) is 11.0 Å². The molecule has 0 saturated carbocycles. The van der Waals surface area contributed by atoms with Crippen molar-refractivity contribution in [3.05, 3.63) is 77.4 Å². The van der Waals surface area contributed by atoms with Gasteiger partial charge in [0.25, 0.3) is 5.91 Å². The summed E-state index contributed by atoms with van der Waals surface area (Å²) < 4.78 is 0. The minimum Gasteiger partial charge on any atom is -0.288 e. The molecule has 1 amide bonds. The molecule has 0 saturated heterocycles. The van der Waals surface area contributed by atoms with Gasteiger partial charge in [0.2, 0.25) is 0 Å². The van der Waals surface area contributed by atoms with Crippen LogP contribution in [-0.4, -0.2) is 11.9 Å². The molecule has 1 aliphatic rings. The fraction of sp³-hybridized carbons (Fsp3) is 0.0500. The van der Waals surface area contributed by atoms with Crippen molar-refractivity contribution < 1.29 is 4.79 Å². The number of nitrogens with zero attached hydrogens (tertiary/aromatic N) is 3. The molecule has 0 N–H and O–H groups in total. The van der Waals surface area contributed by atoms with Crippen LogP contribution in [0.1, 0.15) is 16.7 Å². The highest BCUT2D eigenvalue weighted by Gasteiger charge is 2.26. The van der Waals surface area contributed by atoms with Crippen LogP contribution in [0.4, 0.5) is 5.69 Å². The van der Waals surface area contributed by atoms with Gasteiger partial charge in [0.05, 0.1) is 23.4 Å². The fourth-order valence-corrected chi connectivity index (χ4v) is 2.55. The molecule has 0 bridgehead atoms. The third-order valence-corrected chi connectivity index (χ3v) is 3.76. The standard InChI is InChI=1S/C20H13N3O/c21-13-16-7-5-15(6-8-16)9-12-20(24)23-18(14-22)11-10-17-3-1-2-4-19(17)23/h1-12,18H. The van der Waals surface area contributed by atoms with Crippen LogP contribution in [0.2, 0.25) is 0 Å². The molecule has 0 radical (unpaired) electrons. The topological polar surface area (TPSA) is 67.9 Å². The second-order valence-corrected chi connectivity index (χ2v) is 5.27. The van der Waals surface area contributed by atoms with Crippen LogP contribution in [0.5, 0.6) is 0 Å². The molecular weight excluding hydrogens is 298 g/mol. The van der Waals surface area contributed by atoms with Gasteiger partial charge in [0, 0.05) is 6.08 Å². The molecule has 0 spiro atoms. The van der Waals surface area contributed by atoms with E-state index in [1.54, 1.807) is 36.4 Å². The highest BCUT2D eigenvalue weighted by Crippen LogP contribution is 2.29. The minimum absolute atomic E-state index is 0.261. The first-order valence-electron chi connectivity index (χ1n) is 7.41. The molecule has 1 unspecified atom stereocenters. The van der Waals surface area contributed by atoms with Gasteiger partial charge in [-0.05, 0) is 41.5 Å². The van der Waals surface area contributed by atoms with Crippen molar-refractivity contribution in [2.45, 2.75) is 6.04 Å². The van der Waals surface area contributed by atoms with Gasteiger partial charge in [-0.2, -0.15) is 10.5 Å². The Bertz CT molecular complexity index is 911. The van der Waals surface area contributed by atoms with Crippen molar-refractivity contribution in [2.75, 3.05) is 4.90 Å². The second-order valence-electron chi connectivity index (χ2n) is 5.27. The molecule has 3 rings (SSSR count). The molecule has 1 atom stereocenters. The summed E-state index contributed by atoms with van der Waals surface area (Å²) in [7, 11) is 0. The molecule has 1 heterocycles. The molecular formula is C20H13N3O. The number of amides is 1. The van der Waals surface area contributed by atoms with Crippen molar-refractivity contribution in [1.82, 2.24) is 0 Å². The van der Waals surface area contributed by atoms with Crippen molar-refractivity contribution in [1.29, 1.82) is 10.5 Å². The van der Waals surface area contributed by atoms with E-state index in [0.717, 1.165) is 16.8 Å². The molecule has 0 aliphatic carbocycles. The van der Waals surface area contributed by atoms with Crippen LogP contribution in [0, 0.1) is 22.7 Å². The van der Waals surface area contributed by atoms with E-state index < -0.39 is 6.04 Å². The molecule has 4 heteroatoms. The Kier molecular flexibility index (Phi) is 4.23. The van der Waals surface area contributed by atoms with E-state index in [2.05, 4.69) is 12.1 Å². The van der Waals surface area contributed by atoms with Crippen molar-refractivity contribution >= 4 is 23.7 Å². The van der Waals surface area contributed by atoms with E-state index in [0.29, 0.717) is 5.56 Å². The highest BCUT2D eigenvalue weighted by molar-refractivity contribution is 6.06.